The fourth-order valence-corrected chi connectivity index (χ4v) is 2.10. The van der Waals surface area contributed by atoms with Gasteiger partial charge in [0.25, 0.3) is 5.56 Å². The van der Waals surface area contributed by atoms with Crippen molar-refractivity contribution in [2.75, 3.05) is 5.73 Å². The molecule has 0 aliphatic heterocycles. The van der Waals surface area contributed by atoms with Crippen molar-refractivity contribution < 1.29 is 4.79 Å². The number of nitrogens with zero attached hydrogens (tertiary/aromatic N) is 4. The molecule has 0 aliphatic carbocycles. The Balaban J connectivity index is 2.40. The molecule has 3 rings (SSSR count). The van der Waals surface area contributed by atoms with Crippen molar-refractivity contribution in [3.8, 4) is 5.69 Å². The van der Waals surface area contributed by atoms with Gasteiger partial charge in [-0.25, -0.2) is 4.40 Å². The lowest BCUT2D eigenvalue weighted by molar-refractivity contribution is 0.100. The van der Waals surface area contributed by atoms with Gasteiger partial charge in [-0.2, -0.15) is 9.67 Å². The highest BCUT2D eigenvalue weighted by Crippen LogP contribution is 2.13. The summed E-state index contributed by atoms with van der Waals surface area (Å²) in [6.45, 7) is 3.32. The molecule has 7 nitrogen and oxygen atoms in total. The number of anilines is 1. The smallest absolute Gasteiger partial charge is 0.263 e. The Morgan fingerprint density at radius 3 is 2.52 bits per heavy atom. The second kappa shape index (κ2) is 4.55. The molecule has 1 aromatic carbocycles. The van der Waals surface area contributed by atoms with Gasteiger partial charge in [-0.3, -0.25) is 9.59 Å². The average Bonchev–Trinajstić information content (AvgIpc) is 2.79. The van der Waals surface area contributed by atoms with Crippen LogP contribution >= 0.6 is 0 Å². The fourth-order valence-electron chi connectivity index (χ4n) is 2.10. The van der Waals surface area contributed by atoms with Crippen LogP contribution < -0.4 is 11.3 Å². The lowest BCUT2D eigenvalue weighted by atomic mass is 10.2. The van der Waals surface area contributed by atoms with E-state index in [0.29, 0.717) is 5.69 Å². The number of hydrogen-bond acceptors (Lipinski definition) is 5. The number of nitrogens with two attached hydrogens (primary N) is 1. The van der Waals surface area contributed by atoms with Crippen molar-refractivity contribution in [3.63, 3.8) is 0 Å². The zero-order chi connectivity index (χ0) is 15.1. The first-order valence-electron chi connectivity index (χ1n) is 6.33. The summed E-state index contributed by atoms with van der Waals surface area (Å²) in [7, 11) is 0. The first kappa shape index (κ1) is 13.0. The molecule has 0 unspecified atom stereocenters. The van der Waals surface area contributed by atoms with Gasteiger partial charge in [0.05, 0.1) is 5.69 Å². The van der Waals surface area contributed by atoms with Crippen molar-refractivity contribution >= 4 is 17.4 Å². The molecule has 7 heteroatoms. The number of benzene rings is 1. The van der Waals surface area contributed by atoms with Crippen LogP contribution in [0.5, 0.6) is 0 Å². The molecule has 2 heterocycles. The number of hydrogen-bond donors (Lipinski definition) is 1. The van der Waals surface area contributed by atoms with Crippen LogP contribution in [0.15, 0.2) is 35.1 Å². The quantitative estimate of drug-likeness (QED) is 0.707. The van der Waals surface area contributed by atoms with Gasteiger partial charge in [0, 0.05) is 13.0 Å². The molecule has 3 aromatic rings. The molecule has 0 saturated carbocycles. The predicted molar refractivity (Wildman–Crippen MR) is 77.7 cm³/mol. The van der Waals surface area contributed by atoms with E-state index >= 15 is 0 Å². The van der Waals surface area contributed by atoms with Crippen LogP contribution in [0, 0.1) is 6.92 Å². The van der Waals surface area contributed by atoms with E-state index < -0.39 is 5.56 Å². The van der Waals surface area contributed by atoms with Gasteiger partial charge in [-0.15, -0.1) is 5.10 Å². The first-order valence-corrected chi connectivity index (χ1v) is 6.33. The minimum atomic E-state index is -0.430. The van der Waals surface area contributed by atoms with Crippen LogP contribution in [0.1, 0.15) is 23.1 Å². The summed E-state index contributed by atoms with van der Waals surface area (Å²) in [5.41, 5.74) is 6.99. The highest BCUT2D eigenvalue weighted by Gasteiger charge is 2.18. The third-order valence-electron chi connectivity index (χ3n) is 3.11. The van der Waals surface area contributed by atoms with Crippen LogP contribution in [0.25, 0.3) is 11.5 Å². The molecule has 0 amide bonds. The second-order valence-corrected chi connectivity index (χ2v) is 4.78. The predicted octanol–water partition coefficient (Wildman–Crippen LogP) is 0.973. The first-order chi connectivity index (χ1) is 9.97. The SMILES string of the molecule is CC(=O)c1nn(-c2ccc(C)cc2)c2nc(N)cc(=O)n12. The monoisotopic (exact) mass is 283 g/mol. The van der Waals surface area contributed by atoms with Crippen LogP contribution in [0.3, 0.4) is 0 Å². The number of carbonyl (C=O) groups is 1. The van der Waals surface area contributed by atoms with Crippen molar-refractivity contribution in [2.45, 2.75) is 13.8 Å². The van der Waals surface area contributed by atoms with E-state index in [1.165, 1.54) is 22.1 Å². The number of fused-ring (bicyclic) bond motifs is 1. The Morgan fingerprint density at radius 2 is 1.90 bits per heavy atom. The highest BCUT2D eigenvalue weighted by molar-refractivity contribution is 5.91. The Kier molecular flexibility index (Phi) is 2.83. The zero-order valence-electron chi connectivity index (χ0n) is 11.6. The number of carbonyl (C=O) groups excluding carboxylic acids is 1. The van der Waals surface area contributed by atoms with Gasteiger partial charge < -0.3 is 5.73 Å². The maximum absolute atomic E-state index is 12.1. The van der Waals surface area contributed by atoms with Gasteiger partial charge in [-0.1, -0.05) is 17.7 Å². The van der Waals surface area contributed by atoms with Crippen LogP contribution in [-0.4, -0.2) is 24.9 Å². The topological polar surface area (TPSA) is 95.3 Å². The Bertz CT molecular complexity index is 905. The Labute approximate surface area is 119 Å². The third-order valence-corrected chi connectivity index (χ3v) is 3.11. The zero-order valence-corrected chi connectivity index (χ0v) is 11.6. The van der Waals surface area contributed by atoms with E-state index in [4.69, 9.17) is 5.73 Å². The molecule has 0 bridgehead atoms. The molecule has 0 radical (unpaired) electrons. The molecule has 2 aromatic heterocycles. The summed E-state index contributed by atoms with van der Waals surface area (Å²) in [5.74, 6) is 0.0139. The minimum Gasteiger partial charge on any atom is -0.383 e. The normalized spacial score (nSPS) is 11.0. The van der Waals surface area contributed by atoms with Crippen LogP contribution in [0.4, 0.5) is 5.82 Å². The van der Waals surface area contributed by atoms with E-state index in [1.807, 2.05) is 31.2 Å². The van der Waals surface area contributed by atoms with Gasteiger partial charge in [0.2, 0.25) is 11.6 Å². The molecule has 0 atom stereocenters. The molecule has 21 heavy (non-hydrogen) atoms. The lowest BCUT2D eigenvalue weighted by Crippen LogP contribution is -2.18. The summed E-state index contributed by atoms with van der Waals surface area (Å²) in [6.07, 6.45) is 0. The van der Waals surface area contributed by atoms with E-state index in [1.54, 1.807) is 0 Å². The standard InChI is InChI=1S/C14H13N5O2/c1-8-3-5-10(6-4-8)19-14-16-11(15)7-12(21)18(14)13(17-19)9(2)20/h3-7H,15H2,1-2H3. The van der Waals surface area contributed by atoms with E-state index in [2.05, 4.69) is 10.1 Å². The van der Waals surface area contributed by atoms with E-state index in [9.17, 15) is 9.59 Å². The molecule has 0 aliphatic rings. The number of ketones is 1. The number of Topliss-reactive ketones (excluding diaryl/α,β-unsaturated/α-hetero) is 1. The summed E-state index contributed by atoms with van der Waals surface area (Å²) in [6, 6.07) is 8.65. The second-order valence-electron chi connectivity index (χ2n) is 4.78. The Morgan fingerprint density at radius 1 is 1.24 bits per heavy atom. The summed E-state index contributed by atoms with van der Waals surface area (Å²) in [4.78, 5) is 27.9. The van der Waals surface area contributed by atoms with E-state index in [-0.39, 0.29) is 23.2 Å². The summed E-state index contributed by atoms with van der Waals surface area (Å²) < 4.78 is 2.60. The maximum atomic E-state index is 12.1. The third kappa shape index (κ3) is 2.08. The lowest BCUT2D eigenvalue weighted by Gasteiger charge is -2.02. The molecule has 0 spiro atoms. The molecular weight excluding hydrogens is 270 g/mol. The van der Waals surface area contributed by atoms with Crippen LogP contribution in [-0.2, 0) is 0 Å². The molecule has 0 saturated heterocycles. The highest BCUT2D eigenvalue weighted by atomic mass is 16.1. The maximum Gasteiger partial charge on any atom is 0.263 e. The van der Waals surface area contributed by atoms with Crippen LogP contribution in [0.2, 0.25) is 0 Å². The number of rotatable bonds is 2. The molecule has 106 valence electrons. The van der Waals surface area contributed by atoms with Crippen molar-refractivity contribution in [1.82, 2.24) is 19.2 Å². The number of nitrogen functional groups attached to an aromatic ring is 1. The van der Waals surface area contributed by atoms with Gasteiger partial charge in [-0.05, 0) is 19.1 Å². The number of aromatic nitrogens is 4. The molecular formula is C14H13N5O2. The molecule has 2 N–H and O–H groups in total. The largest absolute Gasteiger partial charge is 0.383 e. The Hall–Kier alpha value is -2.96. The van der Waals surface area contributed by atoms with Crippen molar-refractivity contribution in [2.24, 2.45) is 0 Å². The molecule has 0 fully saturated rings. The minimum absolute atomic E-state index is 0.0306. The van der Waals surface area contributed by atoms with E-state index in [0.717, 1.165) is 5.56 Å². The summed E-state index contributed by atoms with van der Waals surface area (Å²) in [5, 5.41) is 4.20. The summed E-state index contributed by atoms with van der Waals surface area (Å²) >= 11 is 0. The average molecular weight is 283 g/mol. The number of aryl methyl sites for hydroxylation is 1. The van der Waals surface area contributed by atoms with Crippen molar-refractivity contribution in [3.05, 3.63) is 52.1 Å². The van der Waals surface area contributed by atoms with Gasteiger partial charge >= 0.3 is 0 Å². The van der Waals surface area contributed by atoms with Gasteiger partial charge in [0.15, 0.2) is 5.78 Å². The van der Waals surface area contributed by atoms with Crippen molar-refractivity contribution in [1.29, 1.82) is 0 Å². The fraction of sp³-hybridized carbons (Fsp3) is 0.143. The van der Waals surface area contributed by atoms with Gasteiger partial charge in [0.1, 0.15) is 5.82 Å².